The van der Waals surface area contributed by atoms with Crippen LogP contribution in [0.3, 0.4) is 0 Å². The molecule has 2 aromatic carbocycles. The third kappa shape index (κ3) is 3.39. The summed E-state index contributed by atoms with van der Waals surface area (Å²) >= 11 is 0. The molecule has 0 aliphatic heterocycles. The van der Waals surface area contributed by atoms with E-state index in [1.165, 1.54) is 12.1 Å². The van der Waals surface area contributed by atoms with Gasteiger partial charge in [0.2, 0.25) is 0 Å². The van der Waals surface area contributed by atoms with Gasteiger partial charge in [0.1, 0.15) is 0 Å². The van der Waals surface area contributed by atoms with Gasteiger partial charge in [-0.25, -0.2) is 0 Å². The minimum Gasteiger partial charge on any atom is -0.389 e. The van der Waals surface area contributed by atoms with Gasteiger partial charge in [0, 0.05) is 0 Å². The third-order valence-corrected chi connectivity index (χ3v) is 3.18. The lowest BCUT2D eigenvalue weighted by molar-refractivity contribution is -0.138. The van der Waals surface area contributed by atoms with Crippen LogP contribution in [0.25, 0.3) is 0 Å². The smallest absolute Gasteiger partial charge is 0.389 e. The van der Waals surface area contributed by atoms with E-state index in [2.05, 4.69) is 0 Å². The maximum atomic E-state index is 12.9. The summed E-state index contributed by atoms with van der Waals surface area (Å²) in [6.45, 7) is 1.65. The van der Waals surface area contributed by atoms with Gasteiger partial charge in [-0.15, -0.1) is 0 Å². The van der Waals surface area contributed by atoms with E-state index < -0.39 is 17.8 Å². The molecule has 0 aliphatic rings. The summed E-state index contributed by atoms with van der Waals surface area (Å²) in [7, 11) is 0. The molecule has 0 fully saturated rings. The second kappa shape index (κ2) is 5.67. The molecule has 106 valence electrons. The van der Waals surface area contributed by atoms with E-state index in [0.29, 0.717) is 0 Å². The Kier molecular flexibility index (Phi) is 4.14. The molecule has 2 rings (SSSR count). The molecule has 0 saturated heterocycles. The molecule has 0 spiro atoms. The van der Waals surface area contributed by atoms with Gasteiger partial charge in [0.15, 0.2) is 0 Å². The molecule has 0 saturated carbocycles. The van der Waals surface area contributed by atoms with Crippen molar-refractivity contribution in [2.24, 2.45) is 0 Å². The summed E-state index contributed by atoms with van der Waals surface area (Å²) in [4.78, 5) is 0. The van der Waals surface area contributed by atoms with Crippen LogP contribution in [0.4, 0.5) is 13.2 Å². The highest BCUT2D eigenvalue weighted by Gasteiger charge is 2.32. The predicted octanol–water partition coefficient (Wildman–Crippen LogP) is 4.35. The van der Waals surface area contributed by atoms with E-state index in [9.17, 15) is 18.3 Å². The largest absolute Gasteiger partial charge is 0.416 e. The molecule has 1 nitrogen and oxygen atoms in total. The van der Waals surface area contributed by atoms with Crippen LogP contribution in [-0.2, 0) is 12.6 Å². The molecular formula is C16H15F3O. The van der Waals surface area contributed by atoms with Crippen molar-refractivity contribution in [3.8, 4) is 0 Å². The Morgan fingerprint density at radius 1 is 1.00 bits per heavy atom. The molecule has 0 bridgehead atoms. The maximum Gasteiger partial charge on any atom is 0.416 e. The first kappa shape index (κ1) is 14.6. The normalized spacial score (nSPS) is 13.2. The molecule has 0 aliphatic carbocycles. The lowest BCUT2D eigenvalue weighted by Gasteiger charge is -2.13. The van der Waals surface area contributed by atoms with Gasteiger partial charge >= 0.3 is 6.18 Å². The van der Waals surface area contributed by atoms with Crippen molar-refractivity contribution >= 4 is 0 Å². The standard InChI is InChI=1S/C16H15F3O/c1-11(20)13-8-6-12(7-9-13)10-14-4-2-3-5-15(14)16(17,18)19/h2-9,11,20H,10H2,1H3. The summed E-state index contributed by atoms with van der Waals surface area (Å²) in [5, 5.41) is 9.41. The average Bonchev–Trinajstić information content (AvgIpc) is 2.38. The van der Waals surface area contributed by atoms with Crippen LogP contribution in [0.5, 0.6) is 0 Å². The number of benzene rings is 2. The number of aliphatic hydroxyl groups excluding tert-OH is 1. The van der Waals surface area contributed by atoms with Crippen molar-refractivity contribution in [3.63, 3.8) is 0 Å². The molecule has 0 aromatic heterocycles. The fraction of sp³-hybridized carbons (Fsp3) is 0.250. The van der Waals surface area contributed by atoms with Gasteiger partial charge < -0.3 is 5.11 Å². The zero-order valence-electron chi connectivity index (χ0n) is 11.0. The first-order valence-corrected chi connectivity index (χ1v) is 6.30. The van der Waals surface area contributed by atoms with E-state index in [4.69, 9.17) is 0 Å². The van der Waals surface area contributed by atoms with Gasteiger partial charge in [0.25, 0.3) is 0 Å². The zero-order chi connectivity index (χ0) is 14.8. The minimum absolute atomic E-state index is 0.218. The van der Waals surface area contributed by atoms with Crippen LogP contribution < -0.4 is 0 Å². The number of rotatable bonds is 3. The van der Waals surface area contributed by atoms with E-state index in [1.54, 1.807) is 37.3 Å². The minimum atomic E-state index is -4.34. The van der Waals surface area contributed by atoms with Crippen LogP contribution in [0.15, 0.2) is 48.5 Å². The molecule has 2 aromatic rings. The molecular weight excluding hydrogens is 265 g/mol. The van der Waals surface area contributed by atoms with Crippen LogP contribution >= 0.6 is 0 Å². The summed E-state index contributed by atoms with van der Waals surface area (Å²) in [6, 6.07) is 12.5. The van der Waals surface area contributed by atoms with E-state index in [0.717, 1.165) is 17.2 Å². The van der Waals surface area contributed by atoms with Crippen molar-refractivity contribution in [1.82, 2.24) is 0 Å². The van der Waals surface area contributed by atoms with Crippen LogP contribution in [0.2, 0.25) is 0 Å². The van der Waals surface area contributed by atoms with Gasteiger partial charge in [-0.3, -0.25) is 0 Å². The predicted molar refractivity (Wildman–Crippen MR) is 71.3 cm³/mol. The summed E-state index contributed by atoms with van der Waals surface area (Å²) < 4.78 is 38.7. The van der Waals surface area contributed by atoms with E-state index >= 15 is 0 Å². The first-order valence-electron chi connectivity index (χ1n) is 6.30. The van der Waals surface area contributed by atoms with Crippen LogP contribution in [0, 0.1) is 0 Å². The Labute approximate surface area is 115 Å². The van der Waals surface area contributed by atoms with Gasteiger partial charge in [-0.05, 0) is 36.1 Å². The quantitative estimate of drug-likeness (QED) is 0.886. The van der Waals surface area contributed by atoms with E-state index in [-0.39, 0.29) is 12.0 Å². The fourth-order valence-corrected chi connectivity index (χ4v) is 2.08. The Morgan fingerprint density at radius 3 is 2.15 bits per heavy atom. The van der Waals surface area contributed by atoms with E-state index in [1.807, 2.05) is 0 Å². The van der Waals surface area contributed by atoms with Crippen LogP contribution in [-0.4, -0.2) is 5.11 Å². The lowest BCUT2D eigenvalue weighted by atomic mass is 9.98. The van der Waals surface area contributed by atoms with Gasteiger partial charge in [-0.1, -0.05) is 42.5 Å². The Morgan fingerprint density at radius 2 is 1.60 bits per heavy atom. The topological polar surface area (TPSA) is 20.2 Å². The van der Waals surface area contributed by atoms with Crippen molar-refractivity contribution in [3.05, 3.63) is 70.8 Å². The number of alkyl halides is 3. The highest BCUT2D eigenvalue weighted by molar-refractivity contribution is 5.35. The Balaban J connectivity index is 2.26. The second-order valence-electron chi connectivity index (χ2n) is 4.75. The number of hydrogen-bond donors (Lipinski definition) is 1. The number of hydrogen-bond acceptors (Lipinski definition) is 1. The van der Waals surface area contributed by atoms with Crippen molar-refractivity contribution in [2.45, 2.75) is 25.6 Å². The number of halogens is 3. The summed E-state index contributed by atoms with van der Waals surface area (Å²) in [5.41, 5.74) is 1.19. The Hall–Kier alpha value is -1.81. The second-order valence-corrected chi connectivity index (χ2v) is 4.75. The van der Waals surface area contributed by atoms with Crippen molar-refractivity contribution in [2.75, 3.05) is 0 Å². The molecule has 4 heteroatoms. The summed E-state index contributed by atoms with van der Waals surface area (Å²) in [6.07, 6.45) is -4.70. The molecule has 0 heterocycles. The zero-order valence-corrected chi connectivity index (χ0v) is 11.0. The van der Waals surface area contributed by atoms with Gasteiger partial charge in [0.05, 0.1) is 11.7 Å². The van der Waals surface area contributed by atoms with Crippen molar-refractivity contribution < 1.29 is 18.3 Å². The molecule has 1 N–H and O–H groups in total. The summed E-state index contributed by atoms with van der Waals surface area (Å²) in [5.74, 6) is 0. The molecule has 1 atom stereocenters. The fourth-order valence-electron chi connectivity index (χ4n) is 2.08. The molecule has 20 heavy (non-hydrogen) atoms. The highest BCUT2D eigenvalue weighted by Crippen LogP contribution is 2.32. The van der Waals surface area contributed by atoms with Gasteiger partial charge in [-0.2, -0.15) is 13.2 Å². The first-order chi connectivity index (χ1) is 9.38. The number of aliphatic hydroxyl groups is 1. The monoisotopic (exact) mass is 280 g/mol. The van der Waals surface area contributed by atoms with Crippen molar-refractivity contribution in [1.29, 1.82) is 0 Å². The Bertz CT molecular complexity index is 571. The molecule has 0 radical (unpaired) electrons. The lowest BCUT2D eigenvalue weighted by Crippen LogP contribution is -2.09. The third-order valence-electron chi connectivity index (χ3n) is 3.18. The van der Waals surface area contributed by atoms with Crippen LogP contribution in [0.1, 0.15) is 35.3 Å². The maximum absolute atomic E-state index is 12.9. The SMILES string of the molecule is CC(O)c1ccc(Cc2ccccc2C(F)(F)F)cc1. The average molecular weight is 280 g/mol. The molecule has 1 unspecified atom stereocenters. The highest BCUT2D eigenvalue weighted by atomic mass is 19.4. The molecule has 0 amide bonds.